The van der Waals surface area contributed by atoms with E-state index < -0.39 is 27.9 Å². The Morgan fingerprint density at radius 3 is 2.78 bits per heavy atom. The Morgan fingerprint density at radius 2 is 2.17 bits per heavy atom. The third-order valence-electron chi connectivity index (χ3n) is 2.24. The second kappa shape index (κ2) is 6.85. The third-order valence-corrected chi connectivity index (χ3v) is 2.24. The van der Waals surface area contributed by atoms with Crippen LogP contribution in [-0.2, 0) is 4.74 Å². The number of hydrogen-bond acceptors (Lipinski definition) is 4. The monoisotopic (exact) mass is 260 g/mol. The van der Waals surface area contributed by atoms with Crippen molar-refractivity contribution in [2.45, 2.75) is 13.3 Å². The average molecular weight is 260 g/mol. The van der Waals surface area contributed by atoms with Gasteiger partial charge in [0.25, 0.3) is 5.69 Å². The molecule has 7 heteroatoms. The van der Waals surface area contributed by atoms with Gasteiger partial charge < -0.3 is 10.1 Å². The molecule has 0 saturated carbocycles. The zero-order chi connectivity index (χ0) is 13.5. The lowest BCUT2D eigenvalue weighted by atomic mass is 10.2. The number of nitro groups is 1. The molecule has 1 rings (SSSR count). The second-order valence-electron chi connectivity index (χ2n) is 3.49. The van der Waals surface area contributed by atoms with E-state index in [1.165, 1.54) is 0 Å². The summed E-state index contributed by atoms with van der Waals surface area (Å²) in [6.07, 6.45) is 0.543. The minimum absolute atomic E-state index is 0.265. The average Bonchev–Trinajstić information content (AvgIpc) is 2.33. The molecule has 0 amide bonds. The molecule has 100 valence electrons. The molecule has 0 bridgehead atoms. The lowest BCUT2D eigenvalue weighted by Crippen LogP contribution is -2.09. The van der Waals surface area contributed by atoms with Crippen LogP contribution >= 0.6 is 0 Å². The van der Waals surface area contributed by atoms with Crippen molar-refractivity contribution in [1.29, 1.82) is 0 Å². The first kappa shape index (κ1) is 14.3. The van der Waals surface area contributed by atoms with Crippen LogP contribution in [0.25, 0.3) is 0 Å². The van der Waals surface area contributed by atoms with Crippen molar-refractivity contribution in [3.63, 3.8) is 0 Å². The zero-order valence-electron chi connectivity index (χ0n) is 9.91. The highest BCUT2D eigenvalue weighted by Gasteiger charge is 2.20. The van der Waals surface area contributed by atoms with Crippen molar-refractivity contribution in [2.75, 3.05) is 25.1 Å². The molecular weight excluding hydrogens is 246 g/mol. The maximum atomic E-state index is 13.4. The van der Waals surface area contributed by atoms with Crippen molar-refractivity contribution >= 4 is 11.4 Å². The van der Waals surface area contributed by atoms with Crippen molar-refractivity contribution in [2.24, 2.45) is 0 Å². The summed E-state index contributed by atoms with van der Waals surface area (Å²) in [7, 11) is 0. The van der Waals surface area contributed by atoms with Crippen molar-refractivity contribution < 1.29 is 18.4 Å². The van der Waals surface area contributed by atoms with E-state index in [9.17, 15) is 18.9 Å². The highest BCUT2D eigenvalue weighted by molar-refractivity contribution is 5.62. The van der Waals surface area contributed by atoms with Gasteiger partial charge in [0.05, 0.1) is 4.92 Å². The molecule has 0 saturated heterocycles. The van der Waals surface area contributed by atoms with E-state index in [1.807, 2.05) is 6.92 Å². The van der Waals surface area contributed by atoms with Crippen LogP contribution in [0.3, 0.4) is 0 Å². The first-order valence-corrected chi connectivity index (χ1v) is 5.52. The van der Waals surface area contributed by atoms with Crippen LogP contribution in [0.4, 0.5) is 20.2 Å². The molecule has 0 unspecified atom stereocenters. The smallest absolute Gasteiger partial charge is 0.295 e. The highest BCUT2D eigenvalue weighted by Crippen LogP contribution is 2.28. The van der Waals surface area contributed by atoms with Gasteiger partial charge >= 0.3 is 0 Å². The summed E-state index contributed by atoms with van der Waals surface area (Å²) >= 11 is 0. The standard InChI is InChI=1S/C11H14F2N2O3/c1-2-18-7-3-6-14-11-9(15(16)17)5-4-8(12)10(11)13/h4-5,14H,2-3,6-7H2,1H3. The normalized spacial score (nSPS) is 10.4. The molecule has 0 aromatic heterocycles. The summed E-state index contributed by atoms with van der Waals surface area (Å²) < 4.78 is 31.5. The highest BCUT2D eigenvalue weighted by atomic mass is 19.2. The predicted molar refractivity (Wildman–Crippen MR) is 62.6 cm³/mol. The Hall–Kier alpha value is -1.76. The topological polar surface area (TPSA) is 64.4 Å². The van der Waals surface area contributed by atoms with E-state index in [4.69, 9.17) is 4.74 Å². The summed E-state index contributed by atoms with van der Waals surface area (Å²) in [5, 5.41) is 13.2. The molecule has 0 fully saturated rings. The Bertz CT molecular complexity index is 427. The molecule has 18 heavy (non-hydrogen) atoms. The largest absolute Gasteiger partial charge is 0.382 e. The van der Waals surface area contributed by atoms with Crippen LogP contribution in [0.2, 0.25) is 0 Å². The Kier molecular flexibility index (Phi) is 5.44. The first-order valence-electron chi connectivity index (χ1n) is 5.52. The molecule has 0 aliphatic rings. The van der Waals surface area contributed by atoms with E-state index in [0.29, 0.717) is 19.6 Å². The number of nitro benzene ring substituents is 1. The maximum Gasteiger partial charge on any atom is 0.295 e. The zero-order valence-corrected chi connectivity index (χ0v) is 9.91. The van der Waals surface area contributed by atoms with E-state index in [1.54, 1.807) is 0 Å². The number of benzene rings is 1. The van der Waals surface area contributed by atoms with Gasteiger partial charge in [-0.3, -0.25) is 10.1 Å². The number of nitrogens with one attached hydrogen (secondary N) is 1. The van der Waals surface area contributed by atoms with Gasteiger partial charge in [-0.2, -0.15) is 0 Å². The Morgan fingerprint density at radius 1 is 1.44 bits per heavy atom. The van der Waals surface area contributed by atoms with Crippen LogP contribution in [0.5, 0.6) is 0 Å². The van der Waals surface area contributed by atoms with Gasteiger partial charge in [-0.1, -0.05) is 0 Å². The second-order valence-corrected chi connectivity index (χ2v) is 3.49. The Balaban J connectivity index is 2.73. The number of anilines is 1. The SMILES string of the molecule is CCOCCCNc1c([N+](=O)[O-])ccc(F)c1F. The van der Waals surface area contributed by atoms with E-state index in [0.717, 1.165) is 12.1 Å². The van der Waals surface area contributed by atoms with E-state index >= 15 is 0 Å². The first-order chi connectivity index (χ1) is 8.57. The summed E-state index contributed by atoms with van der Waals surface area (Å²) in [6, 6.07) is 1.67. The van der Waals surface area contributed by atoms with Gasteiger partial charge in [0.2, 0.25) is 0 Å². The van der Waals surface area contributed by atoms with Gasteiger partial charge in [-0.05, 0) is 19.4 Å². The fourth-order valence-corrected chi connectivity index (χ4v) is 1.39. The van der Waals surface area contributed by atoms with Crippen LogP contribution in [0, 0.1) is 21.7 Å². The van der Waals surface area contributed by atoms with Crippen LogP contribution < -0.4 is 5.32 Å². The minimum atomic E-state index is -1.24. The molecular formula is C11H14F2N2O3. The van der Waals surface area contributed by atoms with Gasteiger partial charge in [0, 0.05) is 25.8 Å². The van der Waals surface area contributed by atoms with E-state index in [2.05, 4.69) is 5.32 Å². The Labute approximate surface area is 103 Å². The van der Waals surface area contributed by atoms with Gasteiger partial charge in [0.1, 0.15) is 0 Å². The number of nitrogens with zero attached hydrogens (tertiary/aromatic N) is 1. The van der Waals surface area contributed by atoms with Crippen LogP contribution in [0.15, 0.2) is 12.1 Å². The number of hydrogen-bond donors (Lipinski definition) is 1. The molecule has 1 aromatic carbocycles. The van der Waals surface area contributed by atoms with E-state index in [-0.39, 0.29) is 6.54 Å². The number of rotatable bonds is 7. The third kappa shape index (κ3) is 3.63. The molecule has 1 N–H and O–H groups in total. The molecule has 0 aliphatic carbocycles. The number of halogens is 2. The van der Waals surface area contributed by atoms with Crippen molar-refractivity contribution in [1.82, 2.24) is 0 Å². The summed E-state index contributed by atoms with van der Waals surface area (Å²) in [5.74, 6) is -2.35. The number of ether oxygens (including phenoxy) is 1. The molecule has 5 nitrogen and oxygen atoms in total. The molecule has 0 radical (unpaired) electrons. The lowest BCUT2D eigenvalue weighted by molar-refractivity contribution is -0.384. The van der Waals surface area contributed by atoms with Crippen LogP contribution in [-0.4, -0.2) is 24.7 Å². The molecule has 0 atom stereocenters. The van der Waals surface area contributed by atoms with Crippen LogP contribution in [0.1, 0.15) is 13.3 Å². The lowest BCUT2D eigenvalue weighted by Gasteiger charge is -2.08. The summed E-state index contributed by atoms with van der Waals surface area (Å²) in [6.45, 7) is 3.12. The van der Waals surface area contributed by atoms with Crippen molar-refractivity contribution in [3.8, 4) is 0 Å². The van der Waals surface area contributed by atoms with Gasteiger partial charge in [-0.15, -0.1) is 0 Å². The predicted octanol–water partition coefficient (Wildman–Crippen LogP) is 2.71. The molecule has 0 spiro atoms. The fraction of sp³-hybridized carbons (Fsp3) is 0.455. The molecule has 1 aromatic rings. The minimum Gasteiger partial charge on any atom is -0.382 e. The fourth-order valence-electron chi connectivity index (χ4n) is 1.39. The van der Waals surface area contributed by atoms with Gasteiger partial charge in [0.15, 0.2) is 17.3 Å². The van der Waals surface area contributed by atoms with Gasteiger partial charge in [-0.25, -0.2) is 8.78 Å². The van der Waals surface area contributed by atoms with Crippen molar-refractivity contribution in [3.05, 3.63) is 33.9 Å². The molecule has 0 heterocycles. The summed E-state index contributed by atoms with van der Waals surface area (Å²) in [4.78, 5) is 9.92. The quantitative estimate of drug-likeness (QED) is 0.465. The molecule has 0 aliphatic heterocycles. The maximum absolute atomic E-state index is 13.4. The summed E-state index contributed by atoms with van der Waals surface area (Å²) in [5.41, 5.74) is -0.901.